The summed E-state index contributed by atoms with van der Waals surface area (Å²) in [7, 11) is 0. The highest BCUT2D eigenvalue weighted by atomic mass is 16.5. The number of hydrogen-bond donors (Lipinski definition) is 2. The summed E-state index contributed by atoms with van der Waals surface area (Å²) in [4.78, 5) is 25.9. The van der Waals surface area contributed by atoms with Gasteiger partial charge in [-0.25, -0.2) is 4.79 Å². The van der Waals surface area contributed by atoms with Gasteiger partial charge in [-0.1, -0.05) is 18.2 Å². The lowest BCUT2D eigenvalue weighted by molar-refractivity contribution is -0.132. The molecular weight excluding hydrogens is 318 g/mol. The van der Waals surface area contributed by atoms with Gasteiger partial charge in [0.15, 0.2) is 6.61 Å². The van der Waals surface area contributed by atoms with Crippen molar-refractivity contribution in [3.05, 3.63) is 36.4 Å². The molecule has 1 aromatic rings. The number of anilines is 1. The second kappa shape index (κ2) is 8.55. The van der Waals surface area contributed by atoms with Crippen LogP contribution in [0.25, 0.3) is 0 Å². The van der Waals surface area contributed by atoms with Crippen LogP contribution in [0.15, 0.2) is 36.4 Å². The third-order valence-electron chi connectivity index (χ3n) is 4.52. The fourth-order valence-electron chi connectivity index (χ4n) is 3.14. The van der Waals surface area contributed by atoms with Gasteiger partial charge in [0.1, 0.15) is 5.75 Å². The van der Waals surface area contributed by atoms with Gasteiger partial charge >= 0.3 is 6.03 Å². The van der Waals surface area contributed by atoms with Gasteiger partial charge in [0.05, 0.1) is 0 Å². The summed E-state index contributed by atoms with van der Waals surface area (Å²) >= 11 is 0. The van der Waals surface area contributed by atoms with Crippen molar-refractivity contribution in [3.8, 4) is 5.75 Å². The molecule has 0 spiro atoms. The van der Waals surface area contributed by atoms with Crippen molar-refractivity contribution in [2.24, 2.45) is 0 Å². The van der Waals surface area contributed by atoms with Crippen LogP contribution in [0.5, 0.6) is 5.75 Å². The molecule has 1 heterocycles. The molecule has 6 heteroatoms. The van der Waals surface area contributed by atoms with Crippen LogP contribution in [-0.4, -0.2) is 42.6 Å². The minimum absolute atomic E-state index is 0.0129. The molecule has 1 atom stereocenters. The highest BCUT2D eigenvalue weighted by molar-refractivity contribution is 5.89. The van der Waals surface area contributed by atoms with Crippen LogP contribution in [0.1, 0.15) is 32.1 Å². The lowest BCUT2D eigenvalue weighted by atomic mass is 10.0. The Morgan fingerprint density at radius 1 is 1.20 bits per heavy atom. The SMILES string of the molecule is O=C(Nc1cccc(OCC(=O)N2CCCC2)c1)N[C@@H]1CC=CCC1. The van der Waals surface area contributed by atoms with E-state index in [1.54, 1.807) is 24.3 Å². The van der Waals surface area contributed by atoms with Crippen molar-refractivity contribution in [1.82, 2.24) is 10.2 Å². The standard InChI is InChI=1S/C19H25N3O3/c23-18(22-11-4-5-12-22)14-25-17-10-6-9-16(13-17)21-19(24)20-15-7-2-1-3-8-15/h1-2,6,9-10,13,15H,3-5,7-8,11-12,14H2,(H2,20,21,24)/t15-/m1/s1. The Bertz CT molecular complexity index is 639. The molecule has 6 nitrogen and oxygen atoms in total. The molecule has 1 aliphatic heterocycles. The average Bonchev–Trinajstić information content (AvgIpc) is 3.15. The van der Waals surface area contributed by atoms with Gasteiger partial charge in [-0.15, -0.1) is 0 Å². The molecule has 3 amide bonds. The van der Waals surface area contributed by atoms with Crippen LogP contribution < -0.4 is 15.4 Å². The summed E-state index contributed by atoms with van der Waals surface area (Å²) in [5.41, 5.74) is 0.648. The minimum atomic E-state index is -0.217. The Balaban J connectivity index is 1.47. The van der Waals surface area contributed by atoms with Crippen molar-refractivity contribution in [2.75, 3.05) is 25.0 Å². The van der Waals surface area contributed by atoms with Gasteiger partial charge in [-0.3, -0.25) is 4.79 Å². The summed E-state index contributed by atoms with van der Waals surface area (Å²) in [6.45, 7) is 1.67. The van der Waals surface area contributed by atoms with Crippen molar-refractivity contribution in [2.45, 2.75) is 38.1 Å². The number of benzene rings is 1. The third-order valence-corrected chi connectivity index (χ3v) is 4.52. The average molecular weight is 343 g/mol. The Hall–Kier alpha value is -2.50. The summed E-state index contributed by atoms with van der Waals surface area (Å²) in [5, 5.41) is 5.79. The van der Waals surface area contributed by atoms with Crippen LogP contribution in [0.2, 0.25) is 0 Å². The van der Waals surface area contributed by atoms with E-state index in [2.05, 4.69) is 22.8 Å². The molecule has 3 rings (SSSR count). The first-order chi connectivity index (χ1) is 12.2. The number of nitrogens with zero attached hydrogens (tertiary/aromatic N) is 1. The van der Waals surface area contributed by atoms with Gasteiger partial charge in [-0.05, 0) is 44.2 Å². The zero-order valence-corrected chi connectivity index (χ0v) is 14.4. The Morgan fingerprint density at radius 2 is 2.04 bits per heavy atom. The van der Waals surface area contributed by atoms with Gasteiger partial charge in [0, 0.05) is 30.9 Å². The van der Waals surface area contributed by atoms with Gasteiger partial charge in [0.25, 0.3) is 5.91 Å². The number of nitrogens with one attached hydrogen (secondary N) is 2. The van der Waals surface area contributed by atoms with E-state index in [-0.39, 0.29) is 24.6 Å². The van der Waals surface area contributed by atoms with Crippen LogP contribution in [0.3, 0.4) is 0 Å². The molecule has 2 aliphatic rings. The van der Waals surface area contributed by atoms with Crippen LogP contribution in [0, 0.1) is 0 Å². The zero-order valence-electron chi connectivity index (χ0n) is 14.4. The summed E-state index contributed by atoms with van der Waals surface area (Å²) < 4.78 is 5.58. The number of rotatable bonds is 5. The Morgan fingerprint density at radius 3 is 2.80 bits per heavy atom. The number of carbonyl (C=O) groups excluding carboxylic acids is 2. The molecule has 25 heavy (non-hydrogen) atoms. The second-order valence-electron chi connectivity index (χ2n) is 6.48. The van der Waals surface area contributed by atoms with E-state index >= 15 is 0 Å². The first-order valence-electron chi connectivity index (χ1n) is 8.94. The topological polar surface area (TPSA) is 70.7 Å². The highest BCUT2D eigenvalue weighted by Gasteiger charge is 2.18. The Kier molecular flexibility index (Phi) is 5.93. The van der Waals surface area contributed by atoms with Crippen LogP contribution >= 0.6 is 0 Å². The maximum Gasteiger partial charge on any atom is 0.319 e. The van der Waals surface area contributed by atoms with Crippen LogP contribution in [0.4, 0.5) is 10.5 Å². The number of allylic oxidation sites excluding steroid dienone is 1. The van der Waals surface area contributed by atoms with E-state index in [0.29, 0.717) is 11.4 Å². The number of urea groups is 1. The molecule has 1 fully saturated rings. The van der Waals surface area contributed by atoms with E-state index < -0.39 is 0 Å². The molecule has 0 bridgehead atoms. The van der Waals surface area contributed by atoms with Gasteiger partial charge in [0.2, 0.25) is 0 Å². The number of likely N-dealkylation sites (tertiary alicyclic amines) is 1. The summed E-state index contributed by atoms with van der Waals surface area (Å²) in [6.07, 6.45) is 9.20. The highest BCUT2D eigenvalue weighted by Crippen LogP contribution is 2.18. The molecule has 1 saturated heterocycles. The maximum atomic E-state index is 12.1. The fourth-order valence-corrected chi connectivity index (χ4v) is 3.14. The molecule has 0 radical (unpaired) electrons. The zero-order chi connectivity index (χ0) is 17.5. The lowest BCUT2D eigenvalue weighted by Gasteiger charge is -2.19. The Labute approximate surface area is 148 Å². The smallest absolute Gasteiger partial charge is 0.319 e. The normalized spacial score (nSPS) is 19.5. The first-order valence-corrected chi connectivity index (χ1v) is 8.94. The predicted octanol–water partition coefficient (Wildman–Crippen LogP) is 2.92. The quantitative estimate of drug-likeness (QED) is 0.808. The molecular formula is C19H25N3O3. The van der Waals surface area contributed by atoms with Crippen molar-refractivity contribution in [1.29, 1.82) is 0 Å². The monoisotopic (exact) mass is 343 g/mol. The van der Waals surface area contributed by atoms with E-state index in [1.165, 1.54) is 0 Å². The molecule has 0 aromatic heterocycles. The molecule has 1 aromatic carbocycles. The molecule has 2 N–H and O–H groups in total. The molecule has 0 saturated carbocycles. The second-order valence-corrected chi connectivity index (χ2v) is 6.48. The van der Waals surface area contributed by atoms with Gasteiger partial charge < -0.3 is 20.3 Å². The van der Waals surface area contributed by atoms with Crippen molar-refractivity contribution < 1.29 is 14.3 Å². The largest absolute Gasteiger partial charge is 0.484 e. The van der Waals surface area contributed by atoms with Gasteiger partial charge in [-0.2, -0.15) is 0 Å². The number of carbonyl (C=O) groups is 2. The lowest BCUT2D eigenvalue weighted by Crippen LogP contribution is -2.38. The van der Waals surface area contributed by atoms with E-state index in [0.717, 1.165) is 45.2 Å². The van der Waals surface area contributed by atoms with Crippen molar-refractivity contribution >= 4 is 17.6 Å². The fraction of sp³-hybridized carbons (Fsp3) is 0.474. The predicted molar refractivity (Wildman–Crippen MR) is 96.7 cm³/mol. The molecule has 134 valence electrons. The van der Waals surface area contributed by atoms with E-state index in [1.807, 2.05) is 4.90 Å². The third kappa shape index (κ3) is 5.24. The number of amides is 3. The van der Waals surface area contributed by atoms with Crippen LogP contribution in [-0.2, 0) is 4.79 Å². The number of ether oxygens (including phenoxy) is 1. The maximum absolute atomic E-state index is 12.1. The van der Waals surface area contributed by atoms with E-state index in [9.17, 15) is 9.59 Å². The minimum Gasteiger partial charge on any atom is -0.484 e. The molecule has 0 unspecified atom stereocenters. The number of hydrogen-bond acceptors (Lipinski definition) is 3. The summed E-state index contributed by atoms with van der Waals surface area (Å²) in [6, 6.07) is 7.08. The van der Waals surface area contributed by atoms with E-state index in [4.69, 9.17) is 4.74 Å². The van der Waals surface area contributed by atoms with Crippen molar-refractivity contribution in [3.63, 3.8) is 0 Å². The summed E-state index contributed by atoms with van der Waals surface area (Å²) in [5.74, 6) is 0.588. The molecule has 1 aliphatic carbocycles. The first kappa shape index (κ1) is 17.3.